The van der Waals surface area contributed by atoms with Crippen molar-refractivity contribution in [2.75, 3.05) is 6.61 Å². The summed E-state index contributed by atoms with van der Waals surface area (Å²) in [7, 11) is 0. The molecule has 0 aromatic rings. The predicted octanol–water partition coefficient (Wildman–Crippen LogP) is 2.40. The Morgan fingerprint density at radius 2 is 2.08 bits per heavy atom. The van der Waals surface area contributed by atoms with Gasteiger partial charge >= 0.3 is 5.97 Å². The van der Waals surface area contributed by atoms with Gasteiger partial charge in [0.2, 0.25) is 0 Å². The Morgan fingerprint density at radius 3 is 2.46 bits per heavy atom. The average molecular weight is 378 g/mol. The van der Waals surface area contributed by atoms with E-state index in [1.165, 1.54) is 12.2 Å². The van der Waals surface area contributed by atoms with Gasteiger partial charge in [-0.1, -0.05) is 60.4 Å². The second-order valence-electron chi connectivity index (χ2n) is 2.02. The molecule has 0 spiro atoms. The van der Waals surface area contributed by atoms with Crippen molar-refractivity contribution in [3.63, 3.8) is 0 Å². The molecular formula is C7H8Br3NO2. The third-order valence-corrected chi connectivity index (χ3v) is 2.32. The van der Waals surface area contributed by atoms with Gasteiger partial charge in [-0.15, -0.1) is 0 Å². The molecule has 0 rings (SSSR count). The highest BCUT2D eigenvalue weighted by atomic mass is 80.0. The van der Waals surface area contributed by atoms with E-state index in [9.17, 15) is 4.79 Å². The maximum absolute atomic E-state index is 11.0. The fourth-order valence-electron chi connectivity index (χ4n) is 0.392. The number of esters is 1. The van der Waals surface area contributed by atoms with Crippen LogP contribution in [0.5, 0.6) is 0 Å². The van der Waals surface area contributed by atoms with Crippen molar-refractivity contribution >= 4 is 53.8 Å². The van der Waals surface area contributed by atoms with Gasteiger partial charge in [0, 0.05) is 6.08 Å². The Bertz CT molecular complexity index is 232. The molecular weight excluding hydrogens is 370 g/mol. The lowest BCUT2D eigenvalue weighted by atomic mass is 10.4. The molecule has 0 saturated heterocycles. The molecule has 0 amide bonds. The Labute approximate surface area is 102 Å². The molecule has 0 aliphatic heterocycles. The average Bonchev–Trinajstić information content (AvgIpc) is 1.99. The number of carbonyl (C=O) groups is 1. The van der Waals surface area contributed by atoms with E-state index in [0.717, 1.165) is 0 Å². The van der Waals surface area contributed by atoms with Crippen molar-refractivity contribution in [2.24, 2.45) is 5.73 Å². The highest BCUT2D eigenvalue weighted by Gasteiger charge is 2.22. The quantitative estimate of drug-likeness (QED) is 0.355. The van der Waals surface area contributed by atoms with Crippen LogP contribution in [0, 0.1) is 0 Å². The highest BCUT2D eigenvalue weighted by molar-refractivity contribution is 9.39. The topological polar surface area (TPSA) is 52.3 Å². The van der Waals surface area contributed by atoms with Gasteiger partial charge in [-0.05, 0) is 0 Å². The lowest BCUT2D eigenvalue weighted by Gasteiger charge is -2.11. The maximum atomic E-state index is 11.0. The highest BCUT2D eigenvalue weighted by Crippen LogP contribution is 2.38. The van der Waals surface area contributed by atoms with Crippen molar-refractivity contribution in [1.29, 1.82) is 0 Å². The number of rotatable bonds is 3. The second-order valence-corrected chi connectivity index (χ2v) is 8.78. The molecule has 0 radical (unpaired) electrons. The van der Waals surface area contributed by atoms with E-state index in [-0.39, 0.29) is 12.3 Å². The standard InChI is InChI=1S/C7H8Br3NO2/c1-2-3-13-6(12)4-5(11)7(8,9)10/h2,4H,1,3,11H2. The summed E-state index contributed by atoms with van der Waals surface area (Å²) >= 11 is 9.46. The largest absolute Gasteiger partial charge is 0.458 e. The van der Waals surface area contributed by atoms with Crippen molar-refractivity contribution in [3.05, 3.63) is 24.4 Å². The van der Waals surface area contributed by atoms with Crippen molar-refractivity contribution in [1.82, 2.24) is 0 Å². The van der Waals surface area contributed by atoms with E-state index < -0.39 is 8.11 Å². The molecule has 0 saturated carbocycles. The molecule has 0 unspecified atom stereocenters. The molecule has 0 atom stereocenters. The Kier molecular flexibility index (Phi) is 5.91. The zero-order valence-corrected chi connectivity index (χ0v) is 11.4. The Morgan fingerprint density at radius 1 is 1.54 bits per heavy atom. The lowest BCUT2D eigenvalue weighted by Crippen LogP contribution is -2.16. The summed E-state index contributed by atoms with van der Waals surface area (Å²) in [6.07, 6.45) is 2.65. The number of hydrogen-bond acceptors (Lipinski definition) is 3. The van der Waals surface area contributed by atoms with E-state index >= 15 is 0 Å². The molecule has 0 fully saturated rings. The Hall–Kier alpha value is 0.190. The Balaban J connectivity index is 4.22. The normalized spacial score (nSPS) is 12.4. The van der Waals surface area contributed by atoms with Gasteiger partial charge in [0.25, 0.3) is 0 Å². The zero-order valence-electron chi connectivity index (χ0n) is 6.60. The summed E-state index contributed by atoms with van der Waals surface area (Å²) in [4.78, 5) is 11.0. The first-order valence-corrected chi connectivity index (χ1v) is 5.58. The molecule has 0 aliphatic carbocycles. The van der Waals surface area contributed by atoms with Gasteiger partial charge in [-0.2, -0.15) is 0 Å². The first kappa shape index (κ1) is 13.2. The van der Waals surface area contributed by atoms with Crippen LogP contribution in [0.3, 0.4) is 0 Å². The van der Waals surface area contributed by atoms with E-state index in [0.29, 0.717) is 0 Å². The van der Waals surface area contributed by atoms with Crippen LogP contribution >= 0.6 is 47.8 Å². The number of alkyl halides is 3. The summed E-state index contributed by atoms with van der Waals surface area (Å²) in [6.45, 7) is 3.57. The molecule has 0 aromatic heterocycles. The summed E-state index contributed by atoms with van der Waals surface area (Å²) in [6, 6.07) is 0. The molecule has 3 nitrogen and oxygen atoms in total. The van der Waals surface area contributed by atoms with E-state index in [4.69, 9.17) is 5.73 Å². The monoisotopic (exact) mass is 375 g/mol. The fourth-order valence-corrected chi connectivity index (χ4v) is 0.735. The summed E-state index contributed by atoms with van der Waals surface area (Å²) in [5.74, 6) is -0.514. The minimum atomic E-state index is -0.764. The van der Waals surface area contributed by atoms with Crippen LogP contribution in [0.2, 0.25) is 0 Å². The summed E-state index contributed by atoms with van der Waals surface area (Å²) in [5.41, 5.74) is 5.78. The second kappa shape index (κ2) is 5.82. The number of ether oxygens (including phenoxy) is 1. The van der Waals surface area contributed by atoms with Crippen LogP contribution in [0.4, 0.5) is 0 Å². The van der Waals surface area contributed by atoms with Crippen LogP contribution in [0.1, 0.15) is 0 Å². The van der Waals surface area contributed by atoms with Crippen LogP contribution in [-0.2, 0) is 9.53 Å². The molecule has 0 aliphatic rings. The molecule has 13 heavy (non-hydrogen) atoms. The number of carbonyl (C=O) groups excluding carboxylic acids is 1. The number of nitrogens with two attached hydrogens (primary N) is 1. The zero-order chi connectivity index (χ0) is 10.5. The van der Waals surface area contributed by atoms with Crippen LogP contribution in [-0.4, -0.2) is 14.7 Å². The minimum absolute atomic E-state index is 0.169. The molecule has 0 heterocycles. The lowest BCUT2D eigenvalue weighted by molar-refractivity contribution is -0.136. The fraction of sp³-hybridized carbons (Fsp3) is 0.286. The van der Waals surface area contributed by atoms with E-state index in [1.54, 1.807) is 0 Å². The SMILES string of the molecule is C=CCOC(=O)C=C(N)C(Br)(Br)Br. The van der Waals surface area contributed by atoms with E-state index in [2.05, 4.69) is 59.1 Å². The first-order chi connectivity index (χ1) is 5.88. The summed E-state index contributed by atoms with van der Waals surface area (Å²) in [5, 5.41) is 0. The minimum Gasteiger partial charge on any atom is -0.458 e. The van der Waals surface area contributed by atoms with Gasteiger partial charge < -0.3 is 10.5 Å². The molecule has 0 aromatic carbocycles. The molecule has 2 N–H and O–H groups in total. The first-order valence-electron chi connectivity index (χ1n) is 3.20. The number of halogens is 3. The van der Waals surface area contributed by atoms with Crippen LogP contribution in [0.15, 0.2) is 24.4 Å². The predicted molar refractivity (Wildman–Crippen MR) is 62.9 cm³/mol. The van der Waals surface area contributed by atoms with Crippen molar-refractivity contribution < 1.29 is 9.53 Å². The molecule has 74 valence electrons. The van der Waals surface area contributed by atoms with Crippen molar-refractivity contribution in [2.45, 2.75) is 2.14 Å². The van der Waals surface area contributed by atoms with Crippen LogP contribution < -0.4 is 5.73 Å². The molecule has 6 heteroatoms. The van der Waals surface area contributed by atoms with Gasteiger partial charge in [-0.3, -0.25) is 0 Å². The smallest absolute Gasteiger partial charge is 0.332 e. The maximum Gasteiger partial charge on any atom is 0.332 e. The third kappa shape index (κ3) is 6.29. The van der Waals surface area contributed by atoms with Gasteiger partial charge in [0.1, 0.15) is 6.61 Å². The van der Waals surface area contributed by atoms with Gasteiger partial charge in [0.05, 0.1) is 5.70 Å². The molecule has 0 bridgehead atoms. The third-order valence-electron chi connectivity index (χ3n) is 0.944. The number of hydrogen-bond donors (Lipinski definition) is 1. The van der Waals surface area contributed by atoms with Gasteiger partial charge in [0.15, 0.2) is 2.14 Å². The van der Waals surface area contributed by atoms with E-state index in [1.807, 2.05) is 0 Å². The van der Waals surface area contributed by atoms with Crippen LogP contribution in [0.25, 0.3) is 0 Å². The summed E-state index contributed by atoms with van der Waals surface area (Å²) < 4.78 is 3.92. The van der Waals surface area contributed by atoms with Crippen molar-refractivity contribution in [3.8, 4) is 0 Å². The van der Waals surface area contributed by atoms with Gasteiger partial charge in [-0.25, -0.2) is 4.79 Å². The number of allylic oxidation sites excluding steroid dienone is 1.